The molecule has 110 valence electrons. The number of benzene rings is 2. The maximum Gasteiger partial charge on any atom is 0.123 e. The largest absolute Gasteiger partial charge is 0.493 e. The molecular weight excluding hydrogens is 260 g/mol. The van der Waals surface area contributed by atoms with Crippen LogP contribution in [0.15, 0.2) is 42.5 Å². The first kappa shape index (κ1) is 13.8. The lowest BCUT2D eigenvalue weighted by Crippen LogP contribution is -2.19. The molecule has 0 saturated carbocycles. The molecule has 0 spiro atoms. The van der Waals surface area contributed by atoms with E-state index in [0.29, 0.717) is 6.04 Å². The van der Waals surface area contributed by atoms with Gasteiger partial charge in [0.1, 0.15) is 5.75 Å². The van der Waals surface area contributed by atoms with Crippen molar-refractivity contribution in [3.8, 4) is 5.75 Å². The molecule has 0 bridgehead atoms. The predicted octanol–water partition coefficient (Wildman–Crippen LogP) is 3.64. The quantitative estimate of drug-likeness (QED) is 0.823. The Morgan fingerprint density at radius 2 is 1.86 bits per heavy atom. The average Bonchev–Trinajstić information content (AvgIpc) is 2.86. The van der Waals surface area contributed by atoms with Gasteiger partial charge in [-0.3, -0.25) is 0 Å². The third-order valence-corrected chi connectivity index (χ3v) is 3.82. The maximum absolute atomic E-state index is 5.97. The van der Waals surface area contributed by atoms with E-state index in [2.05, 4.69) is 36.5 Å². The summed E-state index contributed by atoms with van der Waals surface area (Å²) in [5, 5.41) is 3.59. The van der Waals surface area contributed by atoms with Gasteiger partial charge in [-0.05, 0) is 36.5 Å². The standard InChI is InChI=1S/C18H22N2O/c1-2-7-21-18-11-15(19)10-17(12-18)20-16-8-13-5-3-4-6-14(13)9-16/h3-6,10-12,16,20H,2,7-9,19H2,1H3. The summed E-state index contributed by atoms with van der Waals surface area (Å²) in [6.07, 6.45) is 3.13. The number of nitrogens with two attached hydrogens (primary N) is 1. The Morgan fingerprint density at radius 3 is 2.52 bits per heavy atom. The summed E-state index contributed by atoms with van der Waals surface area (Å²) in [4.78, 5) is 0. The molecule has 0 heterocycles. The Kier molecular flexibility index (Phi) is 4.00. The van der Waals surface area contributed by atoms with Crippen LogP contribution in [-0.2, 0) is 12.8 Å². The molecule has 0 unspecified atom stereocenters. The Labute approximate surface area is 126 Å². The minimum absolute atomic E-state index is 0.434. The Bertz CT molecular complexity index is 599. The van der Waals surface area contributed by atoms with Gasteiger partial charge in [-0.25, -0.2) is 0 Å². The van der Waals surface area contributed by atoms with Crippen molar-refractivity contribution >= 4 is 11.4 Å². The second-order valence-electron chi connectivity index (χ2n) is 5.66. The van der Waals surface area contributed by atoms with E-state index >= 15 is 0 Å². The van der Waals surface area contributed by atoms with Crippen LogP contribution in [-0.4, -0.2) is 12.6 Å². The number of fused-ring (bicyclic) bond motifs is 1. The van der Waals surface area contributed by atoms with Crippen LogP contribution >= 0.6 is 0 Å². The molecule has 3 heteroatoms. The fourth-order valence-electron chi connectivity index (χ4n) is 2.91. The second-order valence-corrected chi connectivity index (χ2v) is 5.66. The van der Waals surface area contributed by atoms with E-state index in [1.807, 2.05) is 18.2 Å². The highest BCUT2D eigenvalue weighted by Gasteiger charge is 2.20. The number of hydrogen-bond acceptors (Lipinski definition) is 3. The first-order chi connectivity index (χ1) is 10.2. The van der Waals surface area contributed by atoms with Crippen LogP contribution in [0, 0.1) is 0 Å². The lowest BCUT2D eigenvalue weighted by molar-refractivity contribution is 0.318. The fourth-order valence-corrected chi connectivity index (χ4v) is 2.91. The number of hydrogen-bond donors (Lipinski definition) is 2. The zero-order chi connectivity index (χ0) is 14.7. The number of nitrogens with one attached hydrogen (secondary N) is 1. The van der Waals surface area contributed by atoms with E-state index in [1.54, 1.807) is 0 Å². The number of anilines is 2. The number of ether oxygens (including phenoxy) is 1. The van der Waals surface area contributed by atoms with Crippen LogP contribution < -0.4 is 15.8 Å². The summed E-state index contributed by atoms with van der Waals surface area (Å²) in [6.45, 7) is 2.82. The SMILES string of the molecule is CCCOc1cc(N)cc(NC2Cc3ccccc3C2)c1. The Hall–Kier alpha value is -2.16. The third-order valence-electron chi connectivity index (χ3n) is 3.82. The highest BCUT2D eigenvalue weighted by molar-refractivity contribution is 5.60. The van der Waals surface area contributed by atoms with Crippen molar-refractivity contribution in [1.29, 1.82) is 0 Å². The average molecular weight is 282 g/mol. The lowest BCUT2D eigenvalue weighted by Gasteiger charge is -2.15. The predicted molar refractivity (Wildman–Crippen MR) is 87.9 cm³/mol. The highest BCUT2D eigenvalue weighted by Crippen LogP contribution is 2.27. The van der Waals surface area contributed by atoms with Crippen LogP contribution in [0.4, 0.5) is 11.4 Å². The van der Waals surface area contributed by atoms with Crippen LogP contribution in [0.1, 0.15) is 24.5 Å². The molecule has 1 aliphatic carbocycles. The van der Waals surface area contributed by atoms with E-state index in [4.69, 9.17) is 10.5 Å². The van der Waals surface area contributed by atoms with Gasteiger partial charge in [-0.1, -0.05) is 31.2 Å². The molecule has 0 aliphatic heterocycles. The molecular formula is C18H22N2O. The number of rotatable bonds is 5. The molecule has 0 radical (unpaired) electrons. The van der Waals surface area contributed by atoms with E-state index in [-0.39, 0.29) is 0 Å². The molecule has 0 aromatic heterocycles. The molecule has 3 nitrogen and oxygen atoms in total. The first-order valence-electron chi connectivity index (χ1n) is 7.61. The van der Waals surface area contributed by atoms with Gasteiger partial charge in [0, 0.05) is 29.5 Å². The van der Waals surface area contributed by atoms with Gasteiger partial charge < -0.3 is 15.8 Å². The molecule has 0 atom stereocenters. The van der Waals surface area contributed by atoms with Crippen molar-refractivity contribution in [3.63, 3.8) is 0 Å². The van der Waals surface area contributed by atoms with Crippen molar-refractivity contribution in [3.05, 3.63) is 53.6 Å². The van der Waals surface area contributed by atoms with E-state index < -0.39 is 0 Å². The minimum atomic E-state index is 0.434. The van der Waals surface area contributed by atoms with Crippen molar-refractivity contribution in [2.24, 2.45) is 0 Å². The molecule has 0 saturated heterocycles. The zero-order valence-corrected chi connectivity index (χ0v) is 12.4. The molecule has 3 rings (SSSR count). The highest BCUT2D eigenvalue weighted by atomic mass is 16.5. The molecule has 1 aliphatic rings. The van der Waals surface area contributed by atoms with Gasteiger partial charge in [-0.2, -0.15) is 0 Å². The summed E-state index contributed by atoms with van der Waals surface area (Å²) in [6, 6.07) is 15.0. The molecule has 0 fully saturated rings. The van der Waals surface area contributed by atoms with Crippen molar-refractivity contribution < 1.29 is 4.74 Å². The normalized spacial score (nSPS) is 14.0. The van der Waals surface area contributed by atoms with Gasteiger partial charge in [0.2, 0.25) is 0 Å². The van der Waals surface area contributed by atoms with Crippen LogP contribution in [0.25, 0.3) is 0 Å². The Morgan fingerprint density at radius 1 is 1.14 bits per heavy atom. The van der Waals surface area contributed by atoms with E-state index in [0.717, 1.165) is 43.0 Å². The first-order valence-corrected chi connectivity index (χ1v) is 7.61. The fraction of sp³-hybridized carbons (Fsp3) is 0.333. The molecule has 0 amide bonds. The minimum Gasteiger partial charge on any atom is -0.493 e. The molecule has 2 aromatic carbocycles. The van der Waals surface area contributed by atoms with Crippen LogP contribution in [0.5, 0.6) is 5.75 Å². The van der Waals surface area contributed by atoms with Gasteiger partial charge in [0.05, 0.1) is 6.61 Å². The van der Waals surface area contributed by atoms with Crippen LogP contribution in [0.3, 0.4) is 0 Å². The van der Waals surface area contributed by atoms with Crippen molar-refractivity contribution in [2.45, 2.75) is 32.2 Å². The molecule has 21 heavy (non-hydrogen) atoms. The monoisotopic (exact) mass is 282 g/mol. The summed E-state index contributed by atoms with van der Waals surface area (Å²) >= 11 is 0. The summed E-state index contributed by atoms with van der Waals surface area (Å²) < 4.78 is 5.68. The Balaban J connectivity index is 1.70. The number of nitrogen functional groups attached to an aromatic ring is 1. The smallest absolute Gasteiger partial charge is 0.123 e. The zero-order valence-electron chi connectivity index (χ0n) is 12.4. The third kappa shape index (κ3) is 3.30. The van der Waals surface area contributed by atoms with Gasteiger partial charge >= 0.3 is 0 Å². The lowest BCUT2D eigenvalue weighted by atomic mass is 10.1. The summed E-state index contributed by atoms with van der Waals surface area (Å²) in [5.74, 6) is 0.842. The van der Waals surface area contributed by atoms with Gasteiger partial charge in [-0.15, -0.1) is 0 Å². The van der Waals surface area contributed by atoms with Gasteiger partial charge in [0.25, 0.3) is 0 Å². The second kappa shape index (κ2) is 6.08. The van der Waals surface area contributed by atoms with Crippen molar-refractivity contribution in [2.75, 3.05) is 17.7 Å². The molecule has 2 aromatic rings. The molecule has 3 N–H and O–H groups in total. The summed E-state index contributed by atoms with van der Waals surface area (Å²) in [7, 11) is 0. The van der Waals surface area contributed by atoms with Crippen LogP contribution in [0.2, 0.25) is 0 Å². The van der Waals surface area contributed by atoms with Gasteiger partial charge in [0.15, 0.2) is 0 Å². The van der Waals surface area contributed by atoms with E-state index in [9.17, 15) is 0 Å². The van der Waals surface area contributed by atoms with E-state index in [1.165, 1.54) is 11.1 Å². The summed E-state index contributed by atoms with van der Waals surface area (Å²) in [5.41, 5.74) is 10.6. The topological polar surface area (TPSA) is 47.3 Å². The van der Waals surface area contributed by atoms with Crippen molar-refractivity contribution in [1.82, 2.24) is 0 Å². The maximum atomic E-state index is 5.97.